The predicted octanol–water partition coefficient (Wildman–Crippen LogP) is 3.22. The molecule has 0 saturated carbocycles. The van der Waals surface area contributed by atoms with Gasteiger partial charge in [0.1, 0.15) is 6.04 Å². The normalized spacial score (nSPS) is 12.1. The van der Waals surface area contributed by atoms with Crippen LogP contribution in [0.1, 0.15) is 24.4 Å². The van der Waals surface area contributed by atoms with Gasteiger partial charge in [0.25, 0.3) is 5.91 Å². The highest BCUT2D eigenvalue weighted by molar-refractivity contribution is 6.04. The van der Waals surface area contributed by atoms with Gasteiger partial charge in [0.15, 0.2) is 5.76 Å². The SMILES string of the molecule is CC(C)[C@H](NC(=O)c1ccco1)C(=O)Nc1cccc2ncccc12. The van der Waals surface area contributed by atoms with Gasteiger partial charge in [0.05, 0.1) is 17.5 Å². The molecule has 2 heterocycles. The molecule has 0 aliphatic carbocycles. The third-order valence-corrected chi connectivity index (χ3v) is 3.88. The molecule has 0 spiro atoms. The van der Waals surface area contributed by atoms with Crippen molar-refractivity contribution >= 4 is 28.4 Å². The number of pyridine rings is 1. The van der Waals surface area contributed by atoms with Crippen LogP contribution in [0.2, 0.25) is 0 Å². The first kappa shape index (κ1) is 16.7. The molecular formula is C19H19N3O3. The summed E-state index contributed by atoms with van der Waals surface area (Å²) in [6.07, 6.45) is 3.12. The van der Waals surface area contributed by atoms with E-state index in [1.807, 2.05) is 44.2 Å². The monoisotopic (exact) mass is 337 g/mol. The Bertz CT molecular complexity index is 883. The second-order valence-corrected chi connectivity index (χ2v) is 6.04. The van der Waals surface area contributed by atoms with Gasteiger partial charge in [-0.1, -0.05) is 19.9 Å². The van der Waals surface area contributed by atoms with Crippen LogP contribution in [-0.4, -0.2) is 22.8 Å². The number of nitrogens with one attached hydrogen (secondary N) is 2. The van der Waals surface area contributed by atoms with Crippen molar-refractivity contribution in [2.45, 2.75) is 19.9 Å². The second kappa shape index (κ2) is 7.17. The molecule has 2 N–H and O–H groups in total. The van der Waals surface area contributed by atoms with Gasteiger partial charge in [-0.05, 0) is 42.3 Å². The maximum absolute atomic E-state index is 12.7. The van der Waals surface area contributed by atoms with Crippen molar-refractivity contribution in [2.75, 3.05) is 5.32 Å². The van der Waals surface area contributed by atoms with Crippen LogP contribution in [-0.2, 0) is 4.79 Å². The van der Waals surface area contributed by atoms with E-state index in [0.717, 1.165) is 10.9 Å². The number of hydrogen-bond donors (Lipinski definition) is 2. The van der Waals surface area contributed by atoms with E-state index in [1.165, 1.54) is 6.26 Å². The zero-order chi connectivity index (χ0) is 17.8. The summed E-state index contributed by atoms with van der Waals surface area (Å²) < 4.78 is 5.08. The minimum atomic E-state index is -0.690. The van der Waals surface area contributed by atoms with Crippen LogP contribution in [0.3, 0.4) is 0 Å². The van der Waals surface area contributed by atoms with Gasteiger partial charge in [0, 0.05) is 11.6 Å². The number of anilines is 1. The van der Waals surface area contributed by atoms with Crippen molar-refractivity contribution in [1.29, 1.82) is 0 Å². The Morgan fingerprint density at radius 3 is 2.64 bits per heavy atom. The Kier molecular flexibility index (Phi) is 4.79. The van der Waals surface area contributed by atoms with E-state index in [1.54, 1.807) is 18.3 Å². The maximum atomic E-state index is 12.7. The molecule has 0 fully saturated rings. The van der Waals surface area contributed by atoms with E-state index >= 15 is 0 Å². The molecule has 0 saturated heterocycles. The van der Waals surface area contributed by atoms with E-state index in [-0.39, 0.29) is 17.6 Å². The number of rotatable bonds is 5. The van der Waals surface area contributed by atoms with E-state index in [4.69, 9.17) is 4.42 Å². The second-order valence-electron chi connectivity index (χ2n) is 6.04. The molecule has 0 unspecified atom stereocenters. The Balaban J connectivity index is 1.80. The molecular weight excluding hydrogens is 318 g/mol. The number of fused-ring (bicyclic) bond motifs is 1. The van der Waals surface area contributed by atoms with Crippen molar-refractivity contribution in [2.24, 2.45) is 5.92 Å². The van der Waals surface area contributed by atoms with Crippen LogP contribution >= 0.6 is 0 Å². The highest BCUT2D eigenvalue weighted by Gasteiger charge is 2.26. The summed E-state index contributed by atoms with van der Waals surface area (Å²) >= 11 is 0. The van der Waals surface area contributed by atoms with Crippen LogP contribution in [0.5, 0.6) is 0 Å². The Morgan fingerprint density at radius 2 is 1.92 bits per heavy atom. The van der Waals surface area contributed by atoms with Gasteiger partial charge in [0.2, 0.25) is 5.91 Å². The lowest BCUT2D eigenvalue weighted by atomic mass is 10.0. The number of carbonyl (C=O) groups excluding carboxylic acids is 2. The smallest absolute Gasteiger partial charge is 0.287 e. The Morgan fingerprint density at radius 1 is 1.08 bits per heavy atom. The quantitative estimate of drug-likeness (QED) is 0.749. The number of aromatic nitrogens is 1. The average molecular weight is 337 g/mol. The van der Waals surface area contributed by atoms with Gasteiger partial charge in [-0.3, -0.25) is 14.6 Å². The van der Waals surface area contributed by atoms with Crippen LogP contribution in [0.25, 0.3) is 10.9 Å². The van der Waals surface area contributed by atoms with Crippen molar-refractivity contribution in [1.82, 2.24) is 10.3 Å². The molecule has 128 valence electrons. The lowest BCUT2D eigenvalue weighted by Gasteiger charge is -2.21. The lowest BCUT2D eigenvalue weighted by molar-refractivity contribution is -0.118. The van der Waals surface area contributed by atoms with E-state index in [9.17, 15) is 9.59 Å². The fourth-order valence-corrected chi connectivity index (χ4v) is 2.58. The first-order valence-electron chi connectivity index (χ1n) is 8.05. The number of benzene rings is 1. The number of nitrogens with zero attached hydrogens (tertiary/aromatic N) is 1. The van der Waals surface area contributed by atoms with Gasteiger partial charge >= 0.3 is 0 Å². The summed E-state index contributed by atoms with van der Waals surface area (Å²) in [6.45, 7) is 3.74. The molecule has 0 bridgehead atoms. The molecule has 0 radical (unpaired) electrons. The summed E-state index contributed by atoms with van der Waals surface area (Å²) in [4.78, 5) is 29.2. The zero-order valence-electron chi connectivity index (χ0n) is 14.0. The number of amides is 2. The standard InChI is InChI=1S/C19H19N3O3/c1-12(2)17(22-18(23)16-9-5-11-25-16)19(24)21-15-8-3-7-14-13(15)6-4-10-20-14/h3-12,17H,1-2H3,(H,21,24)(H,22,23)/t17-/m0/s1. The van der Waals surface area contributed by atoms with Crippen LogP contribution in [0.15, 0.2) is 59.3 Å². The molecule has 1 aromatic carbocycles. The van der Waals surface area contributed by atoms with Crippen molar-refractivity contribution in [3.05, 3.63) is 60.7 Å². The van der Waals surface area contributed by atoms with Crippen molar-refractivity contribution in [3.63, 3.8) is 0 Å². The van der Waals surface area contributed by atoms with Crippen molar-refractivity contribution in [3.8, 4) is 0 Å². The van der Waals surface area contributed by atoms with Gasteiger partial charge < -0.3 is 15.1 Å². The number of hydrogen-bond acceptors (Lipinski definition) is 4. The zero-order valence-corrected chi connectivity index (χ0v) is 14.0. The summed E-state index contributed by atoms with van der Waals surface area (Å²) in [5.41, 5.74) is 1.45. The molecule has 2 amide bonds. The lowest BCUT2D eigenvalue weighted by Crippen LogP contribution is -2.47. The minimum Gasteiger partial charge on any atom is -0.459 e. The van der Waals surface area contributed by atoms with Gasteiger partial charge in [-0.15, -0.1) is 0 Å². The summed E-state index contributed by atoms with van der Waals surface area (Å²) in [5.74, 6) is -0.621. The van der Waals surface area contributed by atoms with E-state index < -0.39 is 11.9 Å². The first-order valence-corrected chi connectivity index (χ1v) is 8.05. The molecule has 6 nitrogen and oxygen atoms in total. The van der Waals surface area contributed by atoms with Crippen LogP contribution in [0.4, 0.5) is 5.69 Å². The van der Waals surface area contributed by atoms with E-state index in [0.29, 0.717) is 5.69 Å². The van der Waals surface area contributed by atoms with Gasteiger partial charge in [-0.2, -0.15) is 0 Å². The molecule has 2 aromatic heterocycles. The van der Waals surface area contributed by atoms with Gasteiger partial charge in [-0.25, -0.2) is 0 Å². The fraction of sp³-hybridized carbons (Fsp3) is 0.211. The molecule has 25 heavy (non-hydrogen) atoms. The third-order valence-electron chi connectivity index (χ3n) is 3.88. The first-order chi connectivity index (χ1) is 12.1. The van der Waals surface area contributed by atoms with Crippen LogP contribution in [0, 0.1) is 5.92 Å². The van der Waals surface area contributed by atoms with Crippen LogP contribution < -0.4 is 10.6 Å². The van der Waals surface area contributed by atoms with E-state index in [2.05, 4.69) is 15.6 Å². The van der Waals surface area contributed by atoms with Crippen molar-refractivity contribution < 1.29 is 14.0 Å². The summed E-state index contributed by atoms with van der Waals surface area (Å²) in [5, 5.41) is 6.46. The molecule has 3 aromatic rings. The molecule has 1 atom stereocenters. The molecule has 3 rings (SSSR count). The summed E-state index contributed by atoms with van der Waals surface area (Å²) in [7, 11) is 0. The largest absolute Gasteiger partial charge is 0.459 e. The molecule has 0 aliphatic heterocycles. The highest BCUT2D eigenvalue weighted by atomic mass is 16.3. The number of carbonyl (C=O) groups is 2. The molecule has 6 heteroatoms. The average Bonchev–Trinajstić information content (AvgIpc) is 3.14. The molecule has 0 aliphatic rings. The third kappa shape index (κ3) is 3.68. The minimum absolute atomic E-state index is 0.0907. The maximum Gasteiger partial charge on any atom is 0.287 e. The Hall–Kier alpha value is -3.15. The Labute approximate surface area is 145 Å². The highest BCUT2D eigenvalue weighted by Crippen LogP contribution is 2.22. The summed E-state index contributed by atoms with van der Waals surface area (Å²) in [6, 6.07) is 11.7. The predicted molar refractivity (Wildman–Crippen MR) is 95.2 cm³/mol. The topological polar surface area (TPSA) is 84.2 Å². The fourth-order valence-electron chi connectivity index (χ4n) is 2.58. The number of furan rings is 1.